The van der Waals surface area contributed by atoms with E-state index < -0.39 is 0 Å². The van der Waals surface area contributed by atoms with Crippen molar-refractivity contribution < 1.29 is 4.74 Å². The van der Waals surface area contributed by atoms with Crippen LogP contribution < -0.4 is 5.32 Å². The van der Waals surface area contributed by atoms with Gasteiger partial charge in [-0.3, -0.25) is 5.32 Å². The molecule has 0 spiro atoms. The van der Waals surface area contributed by atoms with Gasteiger partial charge >= 0.3 is 0 Å². The normalized spacial score (nSPS) is 15.9. The molecule has 0 aliphatic heterocycles. The summed E-state index contributed by atoms with van der Waals surface area (Å²) in [6.45, 7) is 10.1. The van der Waals surface area contributed by atoms with Crippen molar-refractivity contribution in [3.05, 3.63) is 0 Å². The molecular weight excluding hydrogens is 224 g/mol. The van der Waals surface area contributed by atoms with Gasteiger partial charge in [0.2, 0.25) is 0 Å². The van der Waals surface area contributed by atoms with Crippen LogP contribution in [-0.2, 0) is 4.74 Å². The minimum atomic E-state index is -0.370. The molecule has 3 heteroatoms. The van der Waals surface area contributed by atoms with Crippen molar-refractivity contribution in [1.29, 1.82) is 5.26 Å². The van der Waals surface area contributed by atoms with Gasteiger partial charge in [-0.2, -0.15) is 5.26 Å². The van der Waals surface area contributed by atoms with Gasteiger partial charge in [0, 0.05) is 6.61 Å². The highest BCUT2D eigenvalue weighted by Crippen LogP contribution is 2.13. The van der Waals surface area contributed by atoms with Crippen LogP contribution in [0.15, 0.2) is 0 Å². The lowest BCUT2D eigenvalue weighted by atomic mass is 9.96. The van der Waals surface area contributed by atoms with Crippen molar-refractivity contribution in [3.8, 4) is 6.07 Å². The maximum Gasteiger partial charge on any atom is 0.103 e. The maximum absolute atomic E-state index is 9.18. The Morgan fingerprint density at radius 3 is 2.56 bits per heavy atom. The van der Waals surface area contributed by atoms with Crippen LogP contribution in [-0.4, -0.2) is 24.8 Å². The molecule has 0 fully saturated rings. The molecule has 1 N–H and O–H groups in total. The largest absolute Gasteiger partial charge is 0.379 e. The van der Waals surface area contributed by atoms with E-state index in [9.17, 15) is 5.26 Å². The number of ether oxygens (including phenoxy) is 1. The number of hydrogen-bond donors (Lipinski definition) is 1. The maximum atomic E-state index is 9.18. The zero-order valence-electron chi connectivity index (χ0n) is 12.6. The zero-order valence-corrected chi connectivity index (χ0v) is 12.6. The summed E-state index contributed by atoms with van der Waals surface area (Å²) in [5.74, 6) is 0. The molecule has 0 aromatic rings. The van der Waals surface area contributed by atoms with Crippen molar-refractivity contribution in [2.75, 3.05) is 13.2 Å². The Balaban J connectivity index is 3.65. The Kier molecular flexibility index (Phi) is 10.0. The number of rotatable bonds is 11. The first-order valence-electron chi connectivity index (χ1n) is 7.35. The lowest BCUT2D eigenvalue weighted by Crippen LogP contribution is -2.41. The molecule has 0 aliphatic carbocycles. The van der Waals surface area contributed by atoms with E-state index in [2.05, 4.69) is 32.2 Å². The molecule has 18 heavy (non-hydrogen) atoms. The fraction of sp³-hybridized carbons (Fsp3) is 0.933. The molecule has 2 atom stereocenters. The Morgan fingerprint density at radius 2 is 2.00 bits per heavy atom. The van der Waals surface area contributed by atoms with E-state index in [0.29, 0.717) is 6.10 Å². The molecule has 2 unspecified atom stereocenters. The summed E-state index contributed by atoms with van der Waals surface area (Å²) in [6.07, 6.45) is 6.72. The first-order chi connectivity index (χ1) is 8.58. The fourth-order valence-electron chi connectivity index (χ4n) is 1.94. The van der Waals surface area contributed by atoms with Crippen LogP contribution >= 0.6 is 0 Å². The van der Waals surface area contributed by atoms with E-state index in [4.69, 9.17) is 4.74 Å². The molecule has 106 valence electrons. The lowest BCUT2D eigenvalue weighted by molar-refractivity contribution is 0.0565. The Bertz CT molecular complexity index is 237. The lowest BCUT2D eigenvalue weighted by Gasteiger charge is -2.23. The number of hydrogen-bond acceptors (Lipinski definition) is 3. The van der Waals surface area contributed by atoms with E-state index in [1.54, 1.807) is 0 Å². The van der Waals surface area contributed by atoms with Gasteiger partial charge in [-0.25, -0.2) is 0 Å². The van der Waals surface area contributed by atoms with Gasteiger partial charge in [0.15, 0.2) is 0 Å². The van der Waals surface area contributed by atoms with Crippen LogP contribution in [0.25, 0.3) is 0 Å². The van der Waals surface area contributed by atoms with E-state index in [1.165, 1.54) is 6.42 Å². The molecule has 0 radical (unpaired) electrons. The summed E-state index contributed by atoms with van der Waals surface area (Å²) in [5.41, 5.74) is -0.370. The minimum Gasteiger partial charge on any atom is -0.379 e. The van der Waals surface area contributed by atoms with E-state index in [-0.39, 0.29) is 5.54 Å². The van der Waals surface area contributed by atoms with Crippen molar-refractivity contribution in [2.24, 2.45) is 0 Å². The monoisotopic (exact) mass is 254 g/mol. The predicted octanol–water partition coefficient (Wildman–Crippen LogP) is 3.64. The van der Waals surface area contributed by atoms with E-state index >= 15 is 0 Å². The van der Waals surface area contributed by atoms with Crippen LogP contribution in [0, 0.1) is 11.3 Å². The van der Waals surface area contributed by atoms with Gasteiger partial charge in [0.1, 0.15) is 5.54 Å². The Morgan fingerprint density at radius 1 is 1.28 bits per heavy atom. The highest BCUT2D eigenvalue weighted by atomic mass is 16.5. The Labute approximate surface area is 113 Å². The topological polar surface area (TPSA) is 45.0 Å². The summed E-state index contributed by atoms with van der Waals surface area (Å²) >= 11 is 0. The summed E-state index contributed by atoms with van der Waals surface area (Å²) < 4.78 is 5.71. The van der Waals surface area contributed by atoms with Crippen molar-refractivity contribution in [3.63, 3.8) is 0 Å². The average Bonchev–Trinajstić information content (AvgIpc) is 2.36. The SMILES string of the molecule is CCCNC(C)(C#N)CCCCOC(C)CCC. The van der Waals surface area contributed by atoms with Gasteiger partial charge in [-0.05, 0) is 52.5 Å². The first kappa shape index (κ1) is 17.4. The third-order valence-electron chi connectivity index (χ3n) is 3.18. The molecule has 0 heterocycles. The summed E-state index contributed by atoms with van der Waals surface area (Å²) in [6, 6.07) is 2.38. The number of nitriles is 1. The minimum absolute atomic E-state index is 0.370. The molecule has 0 aromatic heterocycles. The van der Waals surface area contributed by atoms with Gasteiger partial charge in [0.25, 0.3) is 0 Å². The Hall–Kier alpha value is -0.590. The molecule has 0 rings (SSSR count). The molecule has 0 bridgehead atoms. The molecule has 0 aliphatic rings. The molecular formula is C15H30N2O. The number of nitrogens with one attached hydrogen (secondary N) is 1. The first-order valence-corrected chi connectivity index (χ1v) is 7.35. The van der Waals surface area contributed by atoms with Crippen LogP contribution in [0.5, 0.6) is 0 Å². The molecule has 0 saturated heterocycles. The highest BCUT2D eigenvalue weighted by Gasteiger charge is 2.21. The second-order valence-corrected chi connectivity index (χ2v) is 5.30. The molecule has 0 aromatic carbocycles. The van der Waals surface area contributed by atoms with Crippen molar-refractivity contribution in [2.45, 2.75) is 77.9 Å². The van der Waals surface area contributed by atoms with E-state index in [1.807, 2.05) is 6.92 Å². The van der Waals surface area contributed by atoms with Crippen LogP contribution in [0.2, 0.25) is 0 Å². The molecule has 0 saturated carbocycles. The fourth-order valence-corrected chi connectivity index (χ4v) is 1.94. The standard InChI is InChI=1S/C15H30N2O/c1-5-9-14(3)18-12-8-7-10-15(4,13-16)17-11-6-2/h14,17H,5-12H2,1-4H3. The average molecular weight is 254 g/mol. The summed E-state index contributed by atoms with van der Waals surface area (Å²) in [7, 11) is 0. The third kappa shape index (κ3) is 8.49. The second-order valence-electron chi connectivity index (χ2n) is 5.30. The summed E-state index contributed by atoms with van der Waals surface area (Å²) in [5, 5.41) is 12.5. The van der Waals surface area contributed by atoms with E-state index in [0.717, 1.165) is 45.3 Å². The number of nitrogens with zero attached hydrogens (tertiary/aromatic N) is 1. The van der Waals surface area contributed by atoms with Crippen molar-refractivity contribution >= 4 is 0 Å². The summed E-state index contributed by atoms with van der Waals surface area (Å²) in [4.78, 5) is 0. The predicted molar refractivity (Wildman–Crippen MR) is 76.5 cm³/mol. The van der Waals surface area contributed by atoms with Gasteiger partial charge in [-0.15, -0.1) is 0 Å². The van der Waals surface area contributed by atoms with Crippen LogP contribution in [0.3, 0.4) is 0 Å². The third-order valence-corrected chi connectivity index (χ3v) is 3.18. The molecule has 3 nitrogen and oxygen atoms in total. The molecule has 0 amide bonds. The van der Waals surface area contributed by atoms with Gasteiger partial charge in [0.05, 0.1) is 12.2 Å². The smallest absolute Gasteiger partial charge is 0.103 e. The van der Waals surface area contributed by atoms with Crippen LogP contribution in [0.1, 0.15) is 66.2 Å². The zero-order chi connectivity index (χ0) is 13.9. The van der Waals surface area contributed by atoms with Gasteiger partial charge in [-0.1, -0.05) is 20.3 Å². The quantitative estimate of drug-likeness (QED) is 0.572. The highest BCUT2D eigenvalue weighted by molar-refractivity contribution is 5.03. The van der Waals surface area contributed by atoms with Crippen molar-refractivity contribution in [1.82, 2.24) is 5.32 Å². The second kappa shape index (κ2) is 10.3. The van der Waals surface area contributed by atoms with Gasteiger partial charge < -0.3 is 4.74 Å². The van der Waals surface area contributed by atoms with Crippen LogP contribution in [0.4, 0.5) is 0 Å². The number of unbranched alkanes of at least 4 members (excludes halogenated alkanes) is 1.